The Morgan fingerprint density at radius 2 is 1.81 bits per heavy atom. The monoisotopic (exact) mass is 292 g/mol. The van der Waals surface area contributed by atoms with Gasteiger partial charge in [-0.2, -0.15) is 0 Å². The number of hydrogen-bond acceptors (Lipinski definition) is 4. The number of benzene rings is 1. The van der Waals surface area contributed by atoms with Crippen molar-refractivity contribution in [3.8, 4) is 0 Å². The van der Waals surface area contributed by atoms with Gasteiger partial charge in [-0.15, -0.1) is 0 Å². The summed E-state index contributed by atoms with van der Waals surface area (Å²) in [5.74, 6) is -0.992. The minimum Gasteiger partial charge on any atom is -0.368 e. The van der Waals surface area contributed by atoms with Gasteiger partial charge in [0, 0.05) is 12.2 Å². The van der Waals surface area contributed by atoms with Crippen molar-refractivity contribution in [3.05, 3.63) is 29.3 Å². The fourth-order valence-corrected chi connectivity index (χ4v) is 2.19. The highest BCUT2D eigenvalue weighted by Gasteiger charge is 2.14. The van der Waals surface area contributed by atoms with Crippen molar-refractivity contribution in [2.24, 2.45) is 11.5 Å². The summed E-state index contributed by atoms with van der Waals surface area (Å²) >= 11 is 0. The molecule has 0 radical (unpaired) electrons. The second-order valence-electron chi connectivity index (χ2n) is 5.09. The van der Waals surface area contributed by atoms with E-state index in [0.29, 0.717) is 0 Å². The normalized spacial score (nSPS) is 10.4. The molecular formula is C15H24N4O2. The van der Waals surface area contributed by atoms with Gasteiger partial charge in [0.05, 0.1) is 13.1 Å². The highest BCUT2D eigenvalue weighted by atomic mass is 16.2. The highest BCUT2D eigenvalue weighted by Crippen LogP contribution is 2.21. The van der Waals surface area contributed by atoms with Crippen LogP contribution in [0.5, 0.6) is 0 Å². The standard InChI is InChI=1S/C15H24N4O2/c1-3-6-18-8-12-4-5-13(11(2)7-12)19(9-14(16)20)10-15(17)21/h4-5,7,18H,3,6,8-10H2,1-2H3,(H2,16,20)(H2,17,21). The number of carbonyl (C=O) groups excluding carboxylic acids is 2. The molecule has 5 N–H and O–H groups in total. The molecule has 1 aromatic carbocycles. The zero-order valence-corrected chi connectivity index (χ0v) is 12.7. The number of nitrogens with one attached hydrogen (secondary N) is 1. The van der Waals surface area contributed by atoms with Crippen LogP contribution in [0.4, 0.5) is 5.69 Å². The number of rotatable bonds is 9. The van der Waals surface area contributed by atoms with E-state index in [1.165, 1.54) is 0 Å². The minimum absolute atomic E-state index is 0.0305. The van der Waals surface area contributed by atoms with Crippen LogP contribution >= 0.6 is 0 Å². The maximum atomic E-state index is 11.1. The molecule has 0 aliphatic heterocycles. The summed E-state index contributed by atoms with van der Waals surface area (Å²) in [6, 6.07) is 5.90. The van der Waals surface area contributed by atoms with Crippen molar-refractivity contribution >= 4 is 17.5 Å². The lowest BCUT2D eigenvalue weighted by molar-refractivity contribution is -0.117. The third-order valence-electron chi connectivity index (χ3n) is 3.05. The largest absolute Gasteiger partial charge is 0.368 e. The van der Waals surface area contributed by atoms with Crippen LogP contribution in [0.1, 0.15) is 24.5 Å². The fraction of sp³-hybridized carbons (Fsp3) is 0.467. The van der Waals surface area contributed by atoms with Crippen molar-refractivity contribution in [3.63, 3.8) is 0 Å². The molecule has 0 unspecified atom stereocenters. The molecule has 1 aromatic rings. The van der Waals surface area contributed by atoms with Gasteiger partial charge in [-0.3, -0.25) is 9.59 Å². The average Bonchev–Trinajstić information content (AvgIpc) is 2.37. The molecule has 116 valence electrons. The van der Waals surface area contributed by atoms with Crippen LogP contribution in [-0.2, 0) is 16.1 Å². The summed E-state index contributed by atoms with van der Waals surface area (Å²) < 4.78 is 0. The first-order chi connectivity index (χ1) is 9.93. The van der Waals surface area contributed by atoms with Crippen molar-refractivity contribution in [1.29, 1.82) is 0 Å². The van der Waals surface area contributed by atoms with E-state index in [2.05, 4.69) is 12.2 Å². The van der Waals surface area contributed by atoms with E-state index in [-0.39, 0.29) is 13.1 Å². The molecule has 0 aromatic heterocycles. The lowest BCUT2D eigenvalue weighted by Crippen LogP contribution is -2.40. The Kier molecular flexibility index (Phi) is 6.68. The van der Waals surface area contributed by atoms with Gasteiger partial charge in [-0.1, -0.05) is 19.1 Å². The predicted octanol–water partition coefficient (Wildman–Crippen LogP) is 0.272. The molecule has 0 bridgehead atoms. The van der Waals surface area contributed by atoms with Gasteiger partial charge in [0.2, 0.25) is 11.8 Å². The second kappa shape index (κ2) is 8.26. The molecule has 0 aliphatic carbocycles. The molecule has 0 fully saturated rings. The smallest absolute Gasteiger partial charge is 0.236 e. The molecule has 1 rings (SSSR count). The first-order valence-electron chi connectivity index (χ1n) is 7.05. The number of carbonyl (C=O) groups is 2. The van der Waals surface area contributed by atoms with Crippen LogP contribution in [0, 0.1) is 6.92 Å². The van der Waals surface area contributed by atoms with E-state index < -0.39 is 11.8 Å². The molecule has 0 atom stereocenters. The second-order valence-corrected chi connectivity index (χ2v) is 5.09. The summed E-state index contributed by atoms with van der Waals surface area (Å²) in [5.41, 5.74) is 13.4. The van der Waals surface area contributed by atoms with Gasteiger partial charge in [-0.25, -0.2) is 0 Å². The number of nitrogens with zero attached hydrogens (tertiary/aromatic N) is 1. The summed E-state index contributed by atoms with van der Waals surface area (Å²) in [4.78, 5) is 23.9. The molecule has 0 saturated carbocycles. The number of amides is 2. The minimum atomic E-state index is -0.496. The number of nitrogens with two attached hydrogens (primary N) is 2. The maximum absolute atomic E-state index is 11.1. The Hall–Kier alpha value is -2.08. The first kappa shape index (κ1) is 17.0. The van der Waals surface area contributed by atoms with Crippen molar-refractivity contribution < 1.29 is 9.59 Å². The molecule has 0 spiro atoms. The Morgan fingerprint density at radius 1 is 1.19 bits per heavy atom. The van der Waals surface area contributed by atoms with E-state index in [1.54, 1.807) is 4.90 Å². The van der Waals surface area contributed by atoms with Gasteiger partial charge in [0.15, 0.2) is 0 Å². The van der Waals surface area contributed by atoms with Crippen LogP contribution in [0.3, 0.4) is 0 Å². The van der Waals surface area contributed by atoms with Crippen LogP contribution < -0.4 is 21.7 Å². The van der Waals surface area contributed by atoms with Gasteiger partial charge in [0.25, 0.3) is 0 Å². The van der Waals surface area contributed by atoms with Crippen molar-refractivity contribution in [2.75, 3.05) is 24.5 Å². The van der Waals surface area contributed by atoms with Crippen LogP contribution in [0.25, 0.3) is 0 Å². The number of primary amides is 2. The first-order valence-corrected chi connectivity index (χ1v) is 7.05. The summed E-state index contributed by atoms with van der Waals surface area (Å²) in [7, 11) is 0. The van der Waals surface area contributed by atoms with Crippen LogP contribution in [-0.4, -0.2) is 31.4 Å². The third-order valence-corrected chi connectivity index (χ3v) is 3.05. The zero-order chi connectivity index (χ0) is 15.8. The van der Waals surface area contributed by atoms with Gasteiger partial charge >= 0.3 is 0 Å². The number of anilines is 1. The maximum Gasteiger partial charge on any atom is 0.236 e. The third kappa shape index (κ3) is 5.83. The van der Waals surface area contributed by atoms with E-state index in [0.717, 1.165) is 36.3 Å². The molecular weight excluding hydrogens is 268 g/mol. The lowest BCUT2D eigenvalue weighted by atomic mass is 10.1. The van der Waals surface area contributed by atoms with E-state index in [1.807, 2.05) is 25.1 Å². The topological polar surface area (TPSA) is 101 Å². The van der Waals surface area contributed by atoms with Gasteiger partial charge in [0.1, 0.15) is 0 Å². The molecule has 6 nitrogen and oxygen atoms in total. The average molecular weight is 292 g/mol. The number of hydrogen-bond donors (Lipinski definition) is 3. The van der Waals surface area contributed by atoms with Crippen molar-refractivity contribution in [2.45, 2.75) is 26.8 Å². The van der Waals surface area contributed by atoms with Gasteiger partial charge < -0.3 is 21.7 Å². The molecule has 21 heavy (non-hydrogen) atoms. The molecule has 6 heteroatoms. The predicted molar refractivity (Wildman–Crippen MR) is 83.8 cm³/mol. The summed E-state index contributed by atoms with van der Waals surface area (Å²) in [6.45, 7) is 5.76. The molecule has 2 amide bonds. The quantitative estimate of drug-likeness (QED) is 0.569. The highest BCUT2D eigenvalue weighted by molar-refractivity contribution is 5.85. The van der Waals surface area contributed by atoms with E-state index in [4.69, 9.17) is 11.5 Å². The summed E-state index contributed by atoms with van der Waals surface area (Å²) in [5, 5.41) is 3.33. The summed E-state index contributed by atoms with van der Waals surface area (Å²) in [6.07, 6.45) is 1.09. The lowest BCUT2D eigenvalue weighted by Gasteiger charge is -2.24. The Bertz CT molecular complexity index is 486. The Balaban J connectivity index is 2.88. The molecule has 0 saturated heterocycles. The van der Waals surface area contributed by atoms with Gasteiger partial charge in [-0.05, 0) is 37.1 Å². The van der Waals surface area contributed by atoms with Crippen LogP contribution in [0.15, 0.2) is 18.2 Å². The fourth-order valence-electron chi connectivity index (χ4n) is 2.19. The van der Waals surface area contributed by atoms with Crippen LogP contribution in [0.2, 0.25) is 0 Å². The van der Waals surface area contributed by atoms with Crippen molar-refractivity contribution in [1.82, 2.24) is 5.32 Å². The van der Waals surface area contributed by atoms with E-state index in [9.17, 15) is 9.59 Å². The molecule has 0 aliphatic rings. The SMILES string of the molecule is CCCNCc1ccc(N(CC(N)=O)CC(N)=O)c(C)c1. The molecule has 0 heterocycles. The van der Waals surface area contributed by atoms with E-state index >= 15 is 0 Å². The number of aryl methyl sites for hydroxylation is 1. The zero-order valence-electron chi connectivity index (χ0n) is 12.7. The Labute approximate surface area is 125 Å². The Morgan fingerprint density at radius 3 is 2.29 bits per heavy atom.